The van der Waals surface area contributed by atoms with E-state index in [-0.39, 0.29) is 6.09 Å². The van der Waals surface area contributed by atoms with Crippen LogP contribution >= 0.6 is 0 Å². The van der Waals surface area contributed by atoms with Gasteiger partial charge in [0, 0.05) is 47.3 Å². The van der Waals surface area contributed by atoms with Crippen molar-refractivity contribution in [2.24, 2.45) is 5.41 Å². The van der Waals surface area contributed by atoms with Gasteiger partial charge in [-0.1, -0.05) is 66.7 Å². The van der Waals surface area contributed by atoms with Crippen molar-refractivity contribution in [3.63, 3.8) is 0 Å². The fourth-order valence-corrected chi connectivity index (χ4v) is 6.62. The zero-order chi connectivity index (χ0) is 33.4. The number of aliphatic hydroxyl groups is 1. The Hall–Kier alpha value is -4.95. The number of piperidine rings is 1. The lowest BCUT2D eigenvalue weighted by molar-refractivity contribution is -0.0931. The molecule has 2 aromatic heterocycles. The maximum atomic E-state index is 12.9. The lowest BCUT2D eigenvalue weighted by Crippen LogP contribution is -2.54. The summed E-state index contributed by atoms with van der Waals surface area (Å²) >= 11 is 0. The maximum Gasteiger partial charge on any atom is 0.410 e. The first-order chi connectivity index (χ1) is 23.1. The summed E-state index contributed by atoms with van der Waals surface area (Å²) in [5.41, 5.74) is 3.37. The Balaban J connectivity index is 1.17. The highest BCUT2D eigenvalue weighted by Crippen LogP contribution is 2.62. The quantitative estimate of drug-likeness (QED) is 0.183. The minimum atomic E-state index is -1.06. The van der Waals surface area contributed by atoms with Gasteiger partial charge in [-0.2, -0.15) is 4.98 Å². The summed E-state index contributed by atoms with van der Waals surface area (Å²) in [5.74, 6) is 0.920. The summed E-state index contributed by atoms with van der Waals surface area (Å²) in [6, 6.07) is 31.8. The van der Waals surface area contributed by atoms with Crippen LogP contribution in [0, 0.1) is 5.41 Å². The van der Waals surface area contributed by atoms with Gasteiger partial charge in [0.25, 0.3) is 0 Å². The van der Waals surface area contributed by atoms with E-state index in [0.29, 0.717) is 44.5 Å². The predicted molar refractivity (Wildman–Crippen MR) is 185 cm³/mol. The molecule has 48 heavy (non-hydrogen) atoms. The molecule has 1 aliphatic heterocycles. The fraction of sp³-hybridized carbons (Fsp3) is 0.325. The van der Waals surface area contributed by atoms with E-state index < -0.39 is 16.6 Å². The molecule has 1 saturated heterocycles. The van der Waals surface area contributed by atoms with E-state index >= 15 is 0 Å². The van der Waals surface area contributed by atoms with E-state index in [4.69, 9.17) is 24.2 Å². The SMILES string of the molecule is CC(C)(C)OC(=O)N1CCC(O)(c2ccc3ncc(-c4ccc(OCc5ccccc5)nc4OCc4ccccc4)cc3c2)C2(CC2)C1. The van der Waals surface area contributed by atoms with Crippen LogP contribution in [-0.2, 0) is 23.6 Å². The second-order valence-electron chi connectivity index (χ2n) is 14.0. The molecular weight excluding hydrogens is 602 g/mol. The number of aromatic nitrogens is 2. The molecule has 2 aliphatic rings. The van der Waals surface area contributed by atoms with Crippen LogP contribution in [0.2, 0.25) is 0 Å². The molecule has 1 aliphatic carbocycles. The summed E-state index contributed by atoms with van der Waals surface area (Å²) < 4.78 is 18.0. The third-order valence-corrected chi connectivity index (χ3v) is 9.37. The van der Waals surface area contributed by atoms with Crippen LogP contribution in [-0.4, -0.2) is 44.8 Å². The topological polar surface area (TPSA) is 94.0 Å². The summed E-state index contributed by atoms with van der Waals surface area (Å²) in [6.45, 7) is 7.26. The molecule has 0 bridgehead atoms. The van der Waals surface area contributed by atoms with E-state index in [1.54, 1.807) is 4.90 Å². The lowest BCUT2D eigenvalue weighted by Gasteiger charge is -2.46. The van der Waals surface area contributed by atoms with Gasteiger partial charge < -0.3 is 24.2 Å². The van der Waals surface area contributed by atoms with Crippen molar-refractivity contribution in [3.8, 4) is 22.9 Å². The van der Waals surface area contributed by atoms with E-state index in [0.717, 1.165) is 51.6 Å². The van der Waals surface area contributed by atoms with Crippen molar-refractivity contribution in [1.82, 2.24) is 14.9 Å². The van der Waals surface area contributed by atoms with Crippen LogP contribution in [0.25, 0.3) is 22.0 Å². The van der Waals surface area contributed by atoms with Gasteiger partial charge in [-0.3, -0.25) is 4.98 Å². The number of ether oxygens (including phenoxy) is 3. The number of hydrogen-bond acceptors (Lipinski definition) is 7. The zero-order valence-electron chi connectivity index (χ0n) is 27.7. The number of carbonyl (C=O) groups is 1. The highest BCUT2D eigenvalue weighted by atomic mass is 16.6. The average molecular weight is 644 g/mol. The van der Waals surface area contributed by atoms with Gasteiger partial charge >= 0.3 is 6.09 Å². The fourth-order valence-electron chi connectivity index (χ4n) is 6.62. The minimum absolute atomic E-state index is 0.321. The van der Waals surface area contributed by atoms with Crippen molar-refractivity contribution in [2.75, 3.05) is 13.1 Å². The Bertz CT molecular complexity index is 1920. The van der Waals surface area contributed by atoms with Gasteiger partial charge in [0.15, 0.2) is 0 Å². The second-order valence-corrected chi connectivity index (χ2v) is 14.0. The number of likely N-dealkylation sites (tertiary alicyclic amines) is 1. The summed E-state index contributed by atoms with van der Waals surface area (Å²) in [5, 5.41) is 13.2. The molecule has 8 nitrogen and oxygen atoms in total. The number of rotatable bonds is 8. The largest absolute Gasteiger partial charge is 0.473 e. The van der Waals surface area contributed by atoms with E-state index in [9.17, 15) is 9.90 Å². The summed E-state index contributed by atoms with van der Waals surface area (Å²) in [7, 11) is 0. The molecule has 5 aromatic rings. The molecule has 1 unspecified atom stereocenters. The van der Waals surface area contributed by atoms with Crippen molar-refractivity contribution in [1.29, 1.82) is 0 Å². The number of pyridine rings is 2. The molecule has 1 spiro atoms. The first-order valence-corrected chi connectivity index (χ1v) is 16.6. The van der Waals surface area contributed by atoms with Crippen molar-refractivity contribution in [2.45, 2.75) is 64.4 Å². The van der Waals surface area contributed by atoms with Crippen LogP contribution < -0.4 is 9.47 Å². The zero-order valence-corrected chi connectivity index (χ0v) is 27.7. The number of carbonyl (C=O) groups excluding carboxylic acids is 1. The molecule has 1 atom stereocenters. The van der Waals surface area contributed by atoms with E-state index in [2.05, 4.69) is 6.07 Å². The second kappa shape index (κ2) is 12.6. The number of amides is 1. The smallest absolute Gasteiger partial charge is 0.410 e. The molecule has 246 valence electrons. The van der Waals surface area contributed by atoms with Crippen LogP contribution in [0.1, 0.15) is 56.7 Å². The van der Waals surface area contributed by atoms with Gasteiger partial charge in [0.05, 0.1) is 11.1 Å². The van der Waals surface area contributed by atoms with Crippen LogP contribution in [0.15, 0.2) is 103 Å². The Morgan fingerprint density at radius 3 is 2.21 bits per heavy atom. The molecule has 8 heteroatoms. The molecule has 1 amide bonds. The van der Waals surface area contributed by atoms with Crippen LogP contribution in [0.4, 0.5) is 4.79 Å². The van der Waals surface area contributed by atoms with Crippen molar-refractivity contribution < 1.29 is 24.1 Å². The molecule has 3 aromatic carbocycles. The Labute approximate surface area is 281 Å². The molecule has 2 fully saturated rings. The van der Waals surface area contributed by atoms with Gasteiger partial charge in [-0.25, -0.2) is 4.79 Å². The maximum absolute atomic E-state index is 12.9. The van der Waals surface area contributed by atoms with Crippen LogP contribution in [0.5, 0.6) is 11.8 Å². The first kappa shape index (κ1) is 31.6. The molecule has 3 heterocycles. The highest BCUT2D eigenvalue weighted by Gasteiger charge is 2.62. The molecule has 7 rings (SSSR count). The number of fused-ring (bicyclic) bond motifs is 1. The average Bonchev–Trinajstić information content (AvgIpc) is 3.88. The standard InChI is InChI=1S/C40H41N3O5/c1-38(2,3)48-37(44)43-21-20-40(45,39(27-43)18-19-39)32-14-16-34-30(23-32)22-31(24-41-34)33-15-17-35(46-25-28-10-6-4-7-11-28)42-36(33)47-26-29-12-8-5-9-13-29/h4-17,22-24,45H,18-21,25-27H2,1-3H3. The first-order valence-electron chi connectivity index (χ1n) is 16.6. The molecule has 1 saturated carbocycles. The van der Waals surface area contributed by atoms with Gasteiger partial charge in [0.1, 0.15) is 18.8 Å². The van der Waals surface area contributed by atoms with Crippen LogP contribution in [0.3, 0.4) is 0 Å². The minimum Gasteiger partial charge on any atom is -0.473 e. The number of hydrogen-bond donors (Lipinski definition) is 1. The normalized spacial score (nSPS) is 18.5. The Kier molecular flexibility index (Phi) is 8.29. The Morgan fingerprint density at radius 2 is 1.54 bits per heavy atom. The monoisotopic (exact) mass is 643 g/mol. The van der Waals surface area contributed by atoms with Crippen molar-refractivity contribution >= 4 is 17.0 Å². The lowest BCUT2D eigenvalue weighted by atomic mass is 9.73. The number of nitrogens with zero attached hydrogens (tertiary/aromatic N) is 3. The van der Waals surface area contributed by atoms with E-state index in [1.165, 1.54) is 0 Å². The third kappa shape index (κ3) is 6.58. The third-order valence-electron chi connectivity index (χ3n) is 9.37. The Morgan fingerprint density at radius 1 is 0.854 bits per heavy atom. The summed E-state index contributed by atoms with van der Waals surface area (Å²) in [4.78, 5) is 24.2. The van der Waals surface area contributed by atoms with Crippen molar-refractivity contribution in [3.05, 3.63) is 120 Å². The molecule has 1 N–H and O–H groups in total. The molecule has 0 radical (unpaired) electrons. The number of benzene rings is 3. The van der Waals surface area contributed by atoms with E-state index in [1.807, 2.05) is 118 Å². The van der Waals surface area contributed by atoms with Gasteiger partial charge in [-0.15, -0.1) is 0 Å². The van der Waals surface area contributed by atoms with Gasteiger partial charge in [-0.05, 0) is 81.0 Å². The van der Waals surface area contributed by atoms with Gasteiger partial charge in [0.2, 0.25) is 11.8 Å². The molecular formula is C40H41N3O5. The highest BCUT2D eigenvalue weighted by molar-refractivity contribution is 5.85. The predicted octanol–water partition coefficient (Wildman–Crippen LogP) is 8.06. The summed E-state index contributed by atoms with van der Waals surface area (Å²) in [6.07, 6.45) is 3.65.